The van der Waals surface area contributed by atoms with E-state index >= 15 is 0 Å². The number of aliphatic hydroxyl groups is 2. The molecule has 3 N–H and O–H groups in total. The fourth-order valence-electron chi connectivity index (χ4n) is 11.7. The van der Waals surface area contributed by atoms with Gasteiger partial charge in [0, 0.05) is 12.8 Å². The Morgan fingerprint density at radius 3 is 0.927 bits per heavy atom. The molecule has 82 heavy (non-hydrogen) atoms. The molecule has 1 amide bonds. The normalized spacial score (nSPS) is 12.7. The lowest BCUT2D eigenvalue weighted by molar-refractivity contribution is -0.143. The molecule has 0 saturated carbocycles. The zero-order chi connectivity index (χ0) is 59.2. The predicted octanol–water partition coefficient (Wildman–Crippen LogP) is 24.3. The first-order valence-electron chi connectivity index (χ1n) is 37.3. The van der Waals surface area contributed by atoms with Crippen molar-refractivity contribution in [1.82, 2.24) is 5.32 Å². The van der Waals surface area contributed by atoms with Crippen LogP contribution >= 0.6 is 0 Å². The SMILES string of the molecule is CCCCCCCCCCCCCCC/C=C/C(O)C(CO)NC(=O)CCCCCCCCCCCCCCCCCCC/C=C\C/C=C\CCCCCCCCCCCCCCCOC(=O)CCCCCCCCCCCCCCC. The molecule has 0 aliphatic carbocycles. The van der Waals surface area contributed by atoms with Gasteiger partial charge < -0.3 is 20.3 Å². The minimum Gasteiger partial charge on any atom is -0.466 e. The Labute approximate surface area is 513 Å². The van der Waals surface area contributed by atoms with Gasteiger partial charge in [0.1, 0.15) is 0 Å². The van der Waals surface area contributed by atoms with Crippen LogP contribution in [0, 0.1) is 0 Å². The Balaban J connectivity index is 3.37. The van der Waals surface area contributed by atoms with E-state index in [1.807, 2.05) is 6.08 Å². The molecule has 0 aliphatic heterocycles. The minimum absolute atomic E-state index is 0.0205. The van der Waals surface area contributed by atoms with Crippen LogP contribution in [0.25, 0.3) is 0 Å². The maximum absolute atomic E-state index is 12.5. The van der Waals surface area contributed by atoms with Gasteiger partial charge in [-0.1, -0.05) is 371 Å². The first-order valence-corrected chi connectivity index (χ1v) is 37.3. The van der Waals surface area contributed by atoms with Crippen LogP contribution < -0.4 is 5.32 Å². The number of carbonyl (C=O) groups excluding carboxylic acids is 2. The number of amides is 1. The smallest absolute Gasteiger partial charge is 0.305 e. The van der Waals surface area contributed by atoms with Gasteiger partial charge in [0.15, 0.2) is 0 Å². The standard InChI is InChI=1S/C76H145NO5/c1-3-5-7-9-11-13-15-17-41-45-48-52-56-60-64-68-74(79)73(72-78)77-75(80)69-65-61-57-53-49-46-42-39-37-35-33-31-29-27-25-23-21-19-18-20-22-24-26-28-30-32-34-36-38-40-43-47-51-55-59-63-67-71-82-76(81)70-66-62-58-54-50-44-16-14-12-10-8-6-4-2/h18,20,24,26,64,68,73-74,78-79H,3-17,19,21-23,25,27-63,65-67,69-72H2,1-2H3,(H,77,80)/b20-18-,26-24-,68-64+. The average molecular weight is 1150 g/mol. The molecule has 0 aliphatic rings. The van der Waals surface area contributed by atoms with E-state index < -0.39 is 12.1 Å². The zero-order valence-electron chi connectivity index (χ0n) is 55.5. The lowest BCUT2D eigenvalue weighted by Crippen LogP contribution is -2.45. The molecule has 0 aromatic rings. The lowest BCUT2D eigenvalue weighted by atomic mass is 10.0. The van der Waals surface area contributed by atoms with Crippen LogP contribution in [0.1, 0.15) is 412 Å². The summed E-state index contributed by atoms with van der Waals surface area (Å²) in [6.45, 7) is 4.94. The number of unbranched alkanes of at least 4 members (excludes halogenated alkanes) is 55. The number of nitrogens with one attached hydrogen (secondary N) is 1. The van der Waals surface area contributed by atoms with E-state index in [1.54, 1.807) is 6.08 Å². The highest BCUT2D eigenvalue weighted by Gasteiger charge is 2.18. The van der Waals surface area contributed by atoms with Gasteiger partial charge in [-0.2, -0.15) is 0 Å². The monoisotopic (exact) mass is 1150 g/mol. The van der Waals surface area contributed by atoms with E-state index in [2.05, 4.69) is 43.5 Å². The molecule has 0 fully saturated rings. The predicted molar refractivity (Wildman–Crippen MR) is 361 cm³/mol. The molecule has 0 radical (unpaired) electrons. The molecule has 2 unspecified atom stereocenters. The van der Waals surface area contributed by atoms with Crippen molar-refractivity contribution in [2.75, 3.05) is 13.2 Å². The molecule has 0 aromatic heterocycles. The second-order valence-corrected chi connectivity index (χ2v) is 25.6. The second-order valence-electron chi connectivity index (χ2n) is 25.6. The summed E-state index contributed by atoms with van der Waals surface area (Å²) in [5, 5.41) is 23.2. The number of rotatable bonds is 70. The molecule has 6 nitrogen and oxygen atoms in total. The van der Waals surface area contributed by atoms with E-state index in [1.165, 1.54) is 340 Å². The van der Waals surface area contributed by atoms with Gasteiger partial charge in [-0.15, -0.1) is 0 Å². The van der Waals surface area contributed by atoms with E-state index in [9.17, 15) is 19.8 Å². The highest BCUT2D eigenvalue weighted by molar-refractivity contribution is 5.76. The van der Waals surface area contributed by atoms with E-state index in [4.69, 9.17) is 4.74 Å². The summed E-state index contributed by atoms with van der Waals surface area (Å²) in [6, 6.07) is -0.626. The highest BCUT2D eigenvalue weighted by atomic mass is 16.5. The molecule has 6 heteroatoms. The largest absolute Gasteiger partial charge is 0.466 e. The molecule has 0 aromatic carbocycles. The van der Waals surface area contributed by atoms with Gasteiger partial charge in [-0.25, -0.2) is 0 Å². The third-order valence-electron chi connectivity index (χ3n) is 17.4. The summed E-state index contributed by atoms with van der Waals surface area (Å²) in [7, 11) is 0. The molecular formula is C76H145NO5. The summed E-state index contributed by atoms with van der Waals surface area (Å²) in [5.41, 5.74) is 0. The Bertz CT molecular complexity index is 1330. The highest BCUT2D eigenvalue weighted by Crippen LogP contribution is 2.19. The fraction of sp³-hybridized carbons (Fsp3) is 0.895. The van der Waals surface area contributed by atoms with E-state index in [-0.39, 0.29) is 18.5 Å². The van der Waals surface area contributed by atoms with Crippen molar-refractivity contribution in [2.24, 2.45) is 0 Å². The van der Waals surface area contributed by atoms with Crippen LogP contribution in [-0.2, 0) is 14.3 Å². The van der Waals surface area contributed by atoms with E-state index in [0.29, 0.717) is 19.4 Å². The number of aliphatic hydroxyl groups excluding tert-OH is 2. The quantitative estimate of drug-likeness (QED) is 0.0320. The van der Waals surface area contributed by atoms with Crippen LogP contribution in [-0.4, -0.2) is 47.4 Å². The average Bonchev–Trinajstić information content (AvgIpc) is 3.48. The van der Waals surface area contributed by atoms with Crippen molar-refractivity contribution < 1.29 is 24.5 Å². The number of allylic oxidation sites excluding steroid dienone is 5. The van der Waals surface area contributed by atoms with Crippen molar-refractivity contribution in [2.45, 2.75) is 424 Å². The molecule has 484 valence electrons. The lowest BCUT2D eigenvalue weighted by Gasteiger charge is -2.20. The van der Waals surface area contributed by atoms with Crippen LogP contribution in [0.5, 0.6) is 0 Å². The summed E-state index contributed by atoms with van der Waals surface area (Å²) < 4.78 is 5.49. The van der Waals surface area contributed by atoms with E-state index in [0.717, 1.165) is 44.9 Å². The third kappa shape index (κ3) is 67.2. The van der Waals surface area contributed by atoms with Gasteiger partial charge in [-0.05, 0) is 64.2 Å². The topological polar surface area (TPSA) is 95.9 Å². The van der Waals surface area contributed by atoms with Crippen LogP contribution in [0.2, 0.25) is 0 Å². The fourth-order valence-corrected chi connectivity index (χ4v) is 11.7. The van der Waals surface area contributed by atoms with Crippen molar-refractivity contribution in [3.8, 4) is 0 Å². The maximum atomic E-state index is 12.5. The second kappa shape index (κ2) is 71.6. The molecule has 0 saturated heterocycles. The summed E-state index contributed by atoms with van der Waals surface area (Å²) in [6.07, 6.45) is 92.5. The molecule has 2 atom stereocenters. The Morgan fingerprint density at radius 1 is 0.341 bits per heavy atom. The van der Waals surface area contributed by atoms with Crippen LogP contribution in [0.3, 0.4) is 0 Å². The number of carbonyl (C=O) groups is 2. The number of hydrogen-bond donors (Lipinski definition) is 3. The Morgan fingerprint density at radius 2 is 0.610 bits per heavy atom. The van der Waals surface area contributed by atoms with Crippen LogP contribution in [0.4, 0.5) is 0 Å². The van der Waals surface area contributed by atoms with Gasteiger partial charge in [0.2, 0.25) is 5.91 Å². The summed E-state index contributed by atoms with van der Waals surface area (Å²) in [5.74, 6) is -0.0423. The Hall–Kier alpha value is -1.92. The van der Waals surface area contributed by atoms with Crippen molar-refractivity contribution in [3.63, 3.8) is 0 Å². The molecule has 0 bridgehead atoms. The van der Waals surface area contributed by atoms with Gasteiger partial charge >= 0.3 is 5.97 Å². The first kappa shape index (κ1) is 80.1. The Kier molecular flexibility index (Phi) is 69.9. The van der Waals surface area contributed by atoms with Gasteiger partial charge in [0.25, 0.3) is 0 Å². The number of esters is 1. The van der Waals surface area contributed by atoms with Gasteiger partial charge in [-0.3, -0.25) is 9.59 Å². The van der Waals surface area contributed by atoms with Crippen molar-refractivity contribution in [1.29, 1.82) is 0 Å². The van der Waals surface area contributed by atoms with Crippen LogP contribution in [0.15, 0.2) is 36.5 Å². The number of ether oxygens (including phenoxy) is 1. The third-order valence-corrected chi connectivity index (χ3v) is 17.4. The van der Waals surface area contributed by atoms with Crippen molar-refractivity contribution in [3.05, 3.63) is 36.5 Å². The summed E-state index contributed by atoms with van der Waals surface area (Å²) >= 11 is 0. The minimum atomic E-state index is -0.842. The molecular weight excluding hydrogens is 1010 g/mol. The molecule has 0 heterocycles. The zero-order valence-corrected chi connectivity index (χ0v) is 55.5. The summed E-state index contributed by atoms with van der Waals surface area (Å²) in [4.78, 5) is 24.5. The van der Waals surface area contributed by atoms with Crippen molar-refractivity contribution >= 4 is 11.9 Å². The molecule has 0 rings (SSSR count). The number of hydrogen-bond acceptors (Lipinski definition) is 5. The maximum Gasteiger partial charge on any atom is 0.305 e. The molecule has 0 spiro atoms. The first-order chi connectivity index (χ1) is 40.5. The van der Waals surface area contributed by atoms with Gasteiger partial charge in [0.05, 0.1) is 25.4 Å².